The molecule has 8 nitrogen and oxygen atoms in total. The van der Waals surface area contributed by atoms with Crippen LogP contribution in [0.4, 0.5) is 10.5 Å². The summed E-state index contributed by atoms with van der Waals surface area (Å²) in [5.41, 5.74) is 0.613. The number of carbonyl (C=O) groups excluding carboxylic acids is 3. The number of carbonyl (C=O) groups is 3. The number of hydrazone groups is 1. The van der Waals surface area contributed by atoms with E-state index in [2.05, 4.69) is 10.4 Å². The Bertz CT molecular complexity index is 1050. The Labute approximate surface area is 191 Å². The Balaban J connectivity index is 1.86. The second kappa shape index (κ2) is 9.82. The van der Waals surface area contributed by atoms with Gasteiger partial charge in [0.15, 0.2) is 0 Å². The van der Waals surface area contributed by atoms with Crippen LogP contribution in [-0.2, 0) is 14.3 Å². The quantitative estimate of drug-likeness (QED) is 0.651. The fraction of sp³-hybridized carbons (Fsp3) is 0.304. The number of anilines is 1. The molecule has 2 aromatic carbocycles. The van der Waals surface area contributed by atoms with E-state index >= 15 is 0 Å². The molecular weight excluding hydrogens is 434 g/mol. The van der Waals surface area contributed by atoms with E-state index in [0.29, 0.717) is 27.5 Å². The minimum absolute atomic E-state index is 0.00675. The van der Waals surface area contributed by atoms with Crippen LogP contribution in [-0.4, -0.2) is 48.4 Å². The number of hydrogen-bond donors (Lipinski definition) is 1. The van der Waals surface area contributed by atoms with Crippen LogP contribution >= 0.6 is 11.6 Å². The number of ether oxygens (including phenoxy) is 2. The van der Waals surface area contributed by atoms with Gasteiger partial charge in [0, 0.05) is 10.7 Å². The topological polar surface area (TPSA) is 97.3 Å². The number of esters is 2. The highest BCUT2D eigenvalue weighted by molar-refractivity contribution is 6.30. The monoisotopic (exact) mass is 457 g/mol. The van der Waals surface area contributed by atoms with Gasteiger partial charge in [-0.15, -0.1) is 0 Å². The average Bonchev–Trinajstić information content (AvgIpc) is 3.14. The molecule has 1 unspecified atom stereocenters. The van der Waals surface area contributed by atoms with Gasteiger partial charge in [0.2, 0.25) is 0 Å². The molecule has 1 aliphatic heterocycles. The van der Waals surface area contributed by atoms with E-state index in [0.717, 1.165) is 0 Å². The fourth-order valence-corrected chi connectivity index (χ4v) is 3.45. The van der Waals surface area contributed by atoms with Crippen molar-refractivity contribution in [1.82, 2.24) is 5.01 Å². The van der Waals surface area contributed by atoms with Gasteiger partial charge in [-0.05, 0) is 56.7 Å². The van der Waals surface area contributed by atoms with E-state index in [-0.39, 0.29) is 19.8 Å². The smallest absolute Gasteiger partial charge is 0.342 e. The third-order valence-corrected chi connectivity index (χ3v) is 5.16. The number of benzene rings is 2. The lowest BCUT2D eigenvalue weighted by atomic mass is 9.82. The molecule has 0 aromatic heterocycles. The van der Waals surface area contributed by atoms with Gasteiger partial charge in [-0.1, -0.05) is 29.8 Å². The van der Waals surface area contributed by atoms with E-state index in [1.807, 2.05) is 0 Å². The lowest BCUT2D eigenvalue weighted by Crippen LogP contribution is -2.42. The molecule has 3 rings (SSSR count). The first-order valence-electron chi connectivity index (χ1n) is 10.2. The summed E-state index contributed by atoms with van der Waals surface area (Å²) in [4.78, 5) is 37.7. The predicted octanol–water partition coefficient (Wildman–Crippen LogP) is 4.34. The number of amides is 2. The van der Waals surface area contributed by atoms with Crippen molar-refractivity contribution in [3.05, 3.63) is 64.7 Å². The summed E-state index contributed by atoms with van der Waals surface area (Å²) in [6.07, 6.45) is 0. The fourth-order valence-electron chi connectivity index (χ4n) is 3.32. The largest absolute Gasteiger partial charge is 0.465 e. The normalized spacial score (nSPS) is 17.5. The molecule has 1 atom stereocenters. The number of nitrogens with zero attached hydrogens (tertiary/aromatic N) is 2. The molecule has 32 heavy (non-hydrogen) atoms. The molecule has 1 N–H and O–H groups in total. The first-order chi connectivity index (χ1) is 15.3. The van der Waals surface area contributed by atoms with Crippen molar-refractivity contribution in [2.45, 2.75) is 20.8 Å². The van der Waals surface area contributed by atoms with Crippen LogP contribution in [0.5, 0.6) is 0 Å². The molecule has 2 amide bonds. The van der Waals surface area contributed by atoms with Crippen LogP contribution in [0.15, 0.2) is 53.6 Å². The maximum Gasteiger partial charge on any atom is 0.342 e. The van der Waals surface area contributed by atoms with E-state index in [1.165, 1.54) is 11.1 Å². The van der Waals surface area contributed by atoms with Crippen LogP contribution in [0.2, 0.25) is 5.02 Å². The van der Waals surface area contributed by atoms with Crippen molar-refractivity contribution in [3.8, 4) is 0 Å². The van der Waals surface area contributed by atoms with E-state index in [9.17, 15) is 14.4 Å². The molecule has 0 aliphatic carbocycles. The van der Waals surface area contributed by atoms with Gasteiger partial charge in [-0.2, -0.15) is 5.10 Å². The third kappa shape index (κ3) is 4.91. The summed E-state index contributed by atoms with van der Waals surface area (Å²) >= 11 is 5.99. The zero-order valence-electron chi connectivity index (χ0n) is 18.1. The zero-order chi connectivity index (χ0) is 23.3. The Hall–Kier alpha value is -3.39. The Morgan fingerprint density at radius 1 is 1.09 bits per heavy atom. The van der Waals surface area contributed by atoms with Crippen molar-refractivity contribution in [3.63, 3.8) is 0 Å². The van der Waals surface area contributed by atoms with Gasteiger partial charge < -0.3 is 14.8 Å². The first-order valence-corrected chi connectivity index (χ1v) is 10.5. The van der Waals surface area contributed by atoms with Crippen molar-refractivity contribution in [1.29, 1.82) is 0 Å². The highest BCUT2D eigenvalue weighted by Gasteiger charge is 2.48. The van der Waals surface area contributed by atoms with Gasteiger partial charge in [-0.25, -0.2) is 14.6 Å². The molecule has 0 bridgehead atoms. The van der Waals surface area contributed by atoms with Crippen LogP contribution < -0.4 is 5.32 Å². The number of rotatable bonds is 6. The zero-order valence-corrected chi connectivity index (χ0v) is 18.8. The molecule has 0 radical (unpaired) electrons. The van der Waals surface area contributed by atoms with Gasteiger partial charge in [0.25, 0.3) is 0 Å². The van der Waals surface area contributed by atoms with Gasteiger partial charge in [0.05, 0.1) is 31.0 Å². The molecule has 1 aliphatic rings. The third-order valence-electron chi connectivity index (χ3n) is 4.91. The number of hydrogen-bond acceptors (Lipinski definition) is 6. The highest BCUT2D eigenvalue weighted by atomic mass is 35.5. The summed E-state index contributed by atoms with van der Waals surface area (Å²) in [6, 6.07) is 12.7. The second-order valence-corrected chi connectivity index (χ2v) is 7.73. The molecule has 2 aromatic rings. The van der Waals surface area contributed by atoms with Crippen LogP contribution in [0.25, 0.3) is 0 Å². The Kier molecular flexibility index (Phi) is 7.15. The van der Waals surface area contributed by atoms with Crippen LogP contribution in [0.1, 0.15) is 36.7 Å². The van der Waals surface area contributed by atoms with E-state index < -0.39 is 23.4 Å². The van der Waals surface area contributed by atoms with Crippen molar-refractivity contribution >= 4 is 41.0 Å². The summed E-state index contributed by atoms with van der Waals surface area (Å²) < 4.78 is 10.3. The number of halogens is 1. The summed E-state index contributed by atoms with van der Waals surface area (Å²) in [7, 11) is 0. The van der Waals surface area contributed by atoms with Crippen LogP contribution in [0, 0.1) is 5.41 Å². The van der Waals surface area contributed by atoms with E-state index in [4.69, 9.17) is 21.1 Å². The molecule has 9 heteroatoms. The lowest BCUT2D eigenvalue weighted by Gasteiger charge is -2.24. The lowest BCUT2D eigenvalue weighted by molar-refractivity contribution is -0.150. The minimum Gasteiger partial charge on any atom is -0.465 e. The van der Waals surface area contributed by atoms with Crippen LogP contribution in [0.3, 0.4) is 0 Å². The Morgan fingerprint density at radius 2 is 1.78 bits per heavy atom. The SMILES string of the molecule is CCOC(=O)c1cccc(NC(=O)N2CC(C)(C(=O)OCC)C(c3ccc(Cl)cc3)=N2)c1. The predicted molar refractivity (Wildman–Crippen MR) is 121 cm³/mol. The molecule has 0 saturated heterocycles. The molecule has 1 heterocycles. The average molecular weight is 458 g/mol. The maximum absolute atomic E-state index is 12.9. The van der Waals surface area contributed by atoms with Crippen molar-refractivity contribution in [2.24, 2.45) is 10.5 Å². The minimum atomic E-state index is -1.16. The molecule has 0 fully saturated rings. The molecular formula is C23H24ClN3O5. The van der Waals surface area contributed by atoms with Gasteiger partial charge in [0.1, 0.15) is 5.41 Å². The maximum atomic E-state index is 12.9. The van der Waals surface area contributed by atoms with Gasteiger partial charge in [-0.3, -0.25) is 4.79 Å². The summed E-state index contributed by atoms with van der Waals surface area (Å²) in [5, 5.41) is 8.86. The summed E-state index contributed by atoms with van der Waals surface area (Å²) in [5.74, 6) is -0.962. The molecule has 0 saturated carbocycles. The first kappa shape index (κ1) is 23.3. The van der Waals surface area contributed by atoms with E-state index in [1.54, 1.807) is 63.2 Å². The second-order valence-electron chi connectivity index (χ2n) is 7.30. The Morgan fingerprint density at radius 3 is 2.44 bits per heavy atom. The summed E-state index contributed by atoms with van der Waals surface area (Å²) in [6.45, 7) is 5.57. The highest BCUT2D eigenvalue weighted by Crippen LogP contribution is 2.33. The molecule has 168 valence electrons. The van der Waals surface area contributed by atoms with Crippen molar-refractivity contribution < 1.29 is 23.9 Å². The van der Waals surface area contributed by atoms with Crippen molar-refractivity contribution in [2.75, 3.05) is 25.1 Å². The standard InChI is InChI=1S/C23H24ClN3O5/c1-4-31-20(28)16-7-6-8-18(13-16)25-22(30)27-14-23(3,21(29)32-5-2)19(26-27)15-9-11-17(24)12-10-15/h6-13H,4-5,14H2,1-3H3,(H,25,30). The van der Waals surface area contributed by atoms with Gasteiger partial charge >= 0.3 is 18.0 Å². The number of urea groups is 1. The number of nitrogens with one attached hydrogen (secondary N) is 1. The molecule has 0 spiro atoms.